The molecule has 2 aliphatic rings. The highest BCUT2D eigenvalue weighted by Crippen LogP contribution is 2.35. The van der Waals surface area contributed by atoms with Gasteiger partial charge in [0.15, 0.2) is 0 Å². The summed E-state index contributed by atoms with van der Waals surface area (Å²) in [5.74, 6) is 0.651. The van der Waals surface area contributed by atoms with Gasteiger partial charge in [-0.15, -0.1) is 0 Å². The van der Waals surface area contributed by atoms with Crippen LogP contribution in [0.15, 0.2) is 0 Å². The zero-order valence-corrected chi connectivity index (χ0v) is 10.9. The van der Waals surface area contributed by atoms with Crippen LogP contribution in [-0.2, 0) is 9.59 Å². The number of hydrogen-bond donors (Lipinski definition) is 1. The van der Waals surface area contributed by atoms with Crippen molar-refractivity contribution in [2.75, 3.05) is 0 Å². The molecule has 0 spiro atoms. The summed E-state index contributed by atoms with van der Waals surface area (Å²) in [6, 6.07) is 0.174. The zero-order chi connectivity index (χ0) is 12.6. The standard InChI is InChI=1S/C13H22N2O2/c1-4-5-9-6-10(9)14-11-7-12(16)15(8(2)3)13(11)17/h8-11,14H,4-7H2,1-3H3. The van der Waals surface area contributed by atoms with Gasteiger partial charge in [0.1, 0.15) is 0 Å². The first-order valence-corrected chi connectivity index (χ1v) is 6.66. The molecule has 4 nitrogen and oxygen atoms in total. The second-order valence-corrected chi connectivity index (χ2v) is 5.51. The molecule has 3 unspecified atom stereocenters. The Morgan fingerprint density at radius 2 is 2.12 bits per heavy atom. The molecule has 2 amide bonds. The van der Waals surface area contributed by atoms with E-state index < -0.39 is 0 Å². The third-order valence-electron chi connectivity index (χ3n) is 3.70. The van der Waals surface area contributed by atoms with E-state index in [0.29, 0.717) is 12.5 Å². The van der Waals surface area contributed by atoms with E-state index in [-0.39, 0.29) is 23.9 Å². The smallest absolute Gasteiger partial charge is 0.247 e. The van der Waals surface area contributed by atoms with Crippen molar-refractivity contribution in [3.8, 4) is 0 Å². The number of nitrogens with one attached hydrogen (secondary N) is 1. The van der Waals surface area contributed by atoms with Crippen molar-refractivity contribution in [3.05, 3.63) is 0 Å². The summed E-state index contributed by atoms with van der Waals surface area (Å²) in [6.07, 6.45) is 3.92. The molecule has 1 aliphatic carbocycles. The highest BCUT2D eigenvalue weighted by Gasteiger charge is 2.45. The molecule has 0 aromatic rings. The van der Waals surface area contributed by atoms with E-state index in [1.54, 1.807) is 0 Å². The maximum absolute atomic E-state index is 12.0. The molecule has 96 valence electrons. The number of amides is 2. The second-order valence-electron chi connectivity index (χ2n) is 5.51. The van der Waals surface area contributed by atoms with Crippen LogP contribution >= 0.6 is 0 Å². The first-order valence-electron chi connectivity index (χ1n) is 6.66. The molecule has 0 aromatic carbocycles. The molecule has 2 fully saturated rings. The van der Waals surface area contributed by atoms with Crippen molar-refractivity contribution in [1.82, 2.24) is 10.2 Å². The van der Waals surface area contributed by atoms with E-state index in [1.165, 1.54) is 17.7 Å². The van der Waals surface area contributed by atoms with Crippen LogP contribution in [0, 0.1) is 5.92 Å². The van der Waals surface area contributed by atoms with E-state index in [4.69, 9.17) is 0 Å². The van der Waals surface area contributed by atoms with Crippen LogP contribution in [0.2, 0.25) is 0 Å². The number of carbonyl (C=O) groups excluding carboxylic acids is 2. The van der Waals surface area contributed by atoms with Gasteiger partial charge in [-0.3, -0.25) is 14.5 Å². The van der Waals surface area contributed by atoms with Gasteiger partial charge in [0, 0.05) is 12.1 Å². The fraction of sp³-hybridized carbons (Fsp3) is 0.846. The molecule has 4 heteroatoms. The van der Waals surface area contributed by atoms with Gasteiger partial charge in [-0.25, -0.2) is 0 Å². The molecule has 3 atom stereocenters. The van der Waals surface area contributed by atoms with Gasteiger partial charge in [0.2, 0.25) is 11.8 Å². The van der Waals surface area contributed by atoms with E-state index in [9.17, 15) is 9.59 Å². The summed E-state index contributed by atoms with van der Waals surface area (Å²) >= 11 is 0. The first-order chi connectivity index (χ1) is 8.04. The number of imide groups is 1. The average molecular weight is 238 g/mol. The predicted octanol–water partition coefficient (Wildman–Crippen LogP) is 1.30. The normalized spacial score (nSPS) is 32.7. The van der Waals surface area contributed by atoms with Crippen molar-refractivity contribution < 1.29 is 9.59 Å². The quantitative estimate of drug-likeness (QED) is 0.734. The Balaban J connectivity index is 1.88. The van der Waals surface area contributed by atoms with Crippen molar-refractivity contribution in [2.24, 2.45) is 5.92 Å². The zero-order valence-electron chi connectivity index (χ0n) is 10.9. The number of likely N-dealkylation sites (tertiary alicyclic amines) is 1. The van der Waals surface area contributed by atoms with Crippen molar-refractivity contribution in [1.29, 1.82) is 0 Å². The van der Waals surface area contributed by atoms with Crippen LogP contribution in [-0.4, -0.2) is 34.8 Å². The summed E-state index contributed by atoms with van der Waals surface area (Å²) in [4.78, 5) is 25.1. The summed E-state index contributed by atoms with van der Waals surface area (Å²) < 4.78 is 0. The lowest BCUT2D eigenvalue weighted by atomic mass is 10.2. The highest BCUT2D eigenvalue weighted by molar-refractivity contribution is 6.05. The van der Waals surface area contributed by atoms with Gasteiger partial charge in [-0.05, 0) is 32.6 Å². The molecule has 17 heavy (non-hydrogen) atoms. The van der Waals surface area contributed by atoms with Crippen LogP contribution in [0.5, 0.6) is 0 Å². The van der Waals surface area contributed by atoms with E-state index in [2.05, 4.69) is 12.2 Å². The van der Waals surface area contributed by atoms with Gasteiger partial charge < -0.3 is 5.32 Å². The molecule has 0 bridgehead atoms. The Morgan fingerprint density at radius 3 is 2.65 bits per heavy atom. The lowest BCUT2D eigenvalue weighted by molar-refractivity contribution is -0.140. The molecule has 1 saturated heterocycles. The van der Waals surface area contributed by atoms with Crippen LogP contribution in [0.4, 0.5) is 0 Å². The van der Waals surface area contributed by atoms with Gasteiger partial charge in [0.05, 0.1) is 12.5 Å². The molecular weight excluding hydrogens is 216 g/mol. The highest BCUT2D eigenvalue weighted by atomic mass is 16.2. The third kappa shape index (κ3) is 2.51. The SMILES string of the molecule is CCCC1CC1NC1CC(=O)N(C(C)C)C1=O. The Hall–Kier alpha value is -0.900. The summed E-state index contributed by atoms with van der Waals surface area (Å²) in [7, 11) is 0. The maximum atomic E-state index is 12.0. The van der Waals surface area contributed by atoms with E-state index in [0.717, 1.165) is 12.3 Å². The molecule has 1 aliphatic heterocycles. The van der Waals surface area contributed by atoms with E-state index in [1.807, 2.05) is 13.8 Å². The van der Waals surface area contributed by atoms with Crippen molar-refractivity contribution in [2.45, 2.75) is 64.6 Å². The molecule has 1 N–H and O–H groups in total. The van der Waals surface area contributed by atoms with Crippen LogP contribution in [0.25, 0.3) is 0 Å². The lowest BCUT2D eigenvalue weighted by Gasteiger charge is -2.19. The number of rotatable bonds is 5. The molecular formula is C13H22N2O2. The minimum absolute atomic E-state index is 0.0209. The lowest BCUT2D eigenvalue weighted by Crippen LogP contribution is -2.42. The Kier molecular flexibility index (Phi) is 3.52. The monoisotopic (exact) mass is 238 g/mol. The number of hydrogen-bond acceptors (Lipinski definition) is 3. The van der Waals surface area contributed by atoms with Crippen LogP contribution in [0.1, 0.15) is 46.5 Å². The topological polar surface area (TPSA) is 49.4 Å². The van der Waals surface area contributed by atoms with E-state index >= 15 is 0 Å². The maximum Gasteiger partial charge on any atom is 0.247 e. The Labute approximate surface area is 103 Å². The fourth-order valence-corrected chi connectivity index (χ4v) is 2.72. The molecule has 1 saturated carbocycles. The summed E-state index contributed by atoms with van der Waals surface area (Å²) in [6.45, 7) is 5.95. The fourth-order valence-electron chi connectivity index (χ4n) is 2.72. The van der Waals surface area contributed by atoms with Gasteiger partial charge in [-0.1, -0.05) is 13.3 Å². The van der Waals surface area contributed by atoms with Gasteiger partial charge >= 0.3 is 0 Å². The molecule has 0 radical (unpaired) electrons. The van der Waals surface area contributed by atoms with Crippen molar-refractivity contribution in [3.63, 3.8) is 0 Å². The predicted molar refractivity (Wildman–Crippen MR) is 65.3 cm³/mol. The summed E-state index contributed by atoms with van der Waals surface area (Å²) in [5, 5.41) is 3.34. The Bertz CT molecular complexity index is 327. The minimum Gasteiger partial charge on any atom is -0.302 e. The van der Waals surface area contributed by atoms with Crippen molar-refractivity contribution >= 4 is 11.8 Å². The first kappa shape index (κ1) is 12.6. The molecule has 0 aromatic heterocycles. The third-order valence-corrected chi connectivity index (χ3v) is 3.70. The number of carbonyl (C=O) groups is 2. The van der Waals surface area contributed by atoms with Crippen LogP contribution in [0.3, 0.4) is 0 Å². The van der Waals surface area contributed by atoms with Gasteiger partial charge in [0.25, 0.3) is 0 Å². The molecule has 2 rings (SSSR count). The van der Waals surface area contributed by atoms with Crippen LogP contribution < -0.4 is 5.32 Å². The summed E-state index contributed by atoms with van der Waals surface area (Å²) in [5.41, 5.74) is 0. The number of nitrogens with zero attached hydrogens (tertiary/aromatic N) is 1. The Morgan fingerprint density at radius 1 is 1.41 bits per heavy atom. The largest absolute Gasteiger partial charge is 0.302 e. The molecule has 1 heterocycles. The average Bonchev–Trinajstić information content (AvgIpc) is 2.88. The second kappa shape index (κ2) is 4.77. The van der Waals surface area contributed by atoms with Gasteiger partial charge in [-0.2, -0.15) is 0 Å². The minimum atomic E-state index is -0.267.